The Morgan fingerprint density at radius 3 is 2.66 bits per heavy atom. The molecule has 0 unspecified atom stereocenters. The van der Waals surface area contributed by atoms with Crippen LogP contribution in [-0.2, 0) is 4.79 Å². The number of carbonyl (C=O) groups is 2. The molecule has 5 nitrogen and oxygen atoms in total. The zero-order valence-electron chi connectivity index (χ0n) is 16.5. The van der Waals surface area contributed by atoms with Crippen molar-refractivity contribution in [3.05, 3.63) is 71.9 Å². The van der Waals surface area contributed by atoms with Crippen LogP contribution in [0.15, 0.2) is 60.8 Å². The van der Waals surface area contributed by atoms with E-state index in [4.69, 9.17) is 4.74 Å². The molecule has 4 rings (SSSR count). The Morgan fingerprint density at radius 2 is 1.93 bits per heavy atom. The molecule has 2 aromatic carbocycles. The van der Waals surface area contributed by atoms with Crippen molar-refractivity contribution in [1.29, 1.82) is 0 Å². The first kappa shape index (κ1) is 19.0. The van der Waals surface area contributed by atoms with E-state index in [1.165, 1.54) is 11.1 Å². The van der Waals surface area contributed by atoms with Crippen molar-refractivity contribution in [2.45, 2.75) is 19.3 Å². The maximum absolute atomic E-state index is 12.7. The highest BCUT2D eigenvalue weighted by Crippen LogP contribution is 2.25. The van der Waals surface area contributed by atoms with Gasteiger partial charge in [-0.2, -0.15) is 0 Å². The Labute approximate surface area is 170 Å². The summed E-state index contributed by atoms with van der Waals surface area (Å²) >= 11 is 0. The molecule has 0 radical (unpaired) electrons. The Balaban J connectivity index is 1.35. The van der Waals surface area contributed by atoms with Gasteiger partial charge in [0.05, 0.1) is 7.11 Å². The summed E-state index contributed by atoms with van der Waals surface area (Å²) in [5, 5.41) is 0.858. The molecule has 29 heavy (non-hydrogen) atoms. The van der Waals surface area contributed by atoms with Gasteiger partial charge in [0.15, 0.2) is 5.78 Å². The number of nitrogens with one attached hydrogen (secondary N) is 1. The summed E-state index contributed by atoms with van der Waals surface area (Å²) in [5.41, 5.74) is 3.97. The molecule has 0 saturated carbocycles. The van der Waals surface area contributed by atoms with E-state index in [0.717, 1.165) is 23.1 Å². The minimum Gasteiger partial charge on any atom is -0.497 e. The topological polar surface area (TPSA) is 62.4 Å². The average Bonchev–Trinajstić information content (AvgIpc) is 3.21. The molecule has 3 aromatic rings. The zero-order valence-corrected chi connectivity index (χ0v) is 16.5. The van der Waals surface area contributed by atoms with Gasteiger partial charge in [-0.3, -0.25) is 9.59 Å². The highest BCUT2D eigenvalue weighted by atomic mass is 16.5. The number of rotatable bonds is 6. The number of carbonyl (C=O) groups excluding carboxylic acids is 2. The van der Waals surface area contributed by atoms with Crippen LogP contribution in [0.5, 0.6) is 5.75 Å². The van der Waals surface area contributed by atoms with Crippen molar-refractivity contribution >= 4 is 28.2 Å². The predicted molar refractivity (Wildman–Crippen MR) is 114 cm³/mol. The number of benzene rings is 2. The number of methoxy groups -OCH3 is 1. The Kier molecular flexibility index (Phi) is 5.47. The molecule has 0 saturated heterocycles. The van der Waals surface area contributed by atoms with Crippen molar-refractivity contribution in [3.8, 4) is 5.75 Å². The van der Waals surface area contributed by atoms with E-state index < -0.39 is 0 Å². The molecule has 0 aliphatic carbocycles. The highest BCUT2D eigenvalue weighted by Gasteiger charge is 2.20. The lowest BCUT2D eigenvalue weighted by molar-refractivity contribution is -0.130. The van der Waals surface area contributed by atoms with Crippen LogP contribution in [0.25, 0.3) is 16.5 Å². The van der Waals surface area contributed by atoms with E-state index in [1.54, 1.807) is 13.3 Å². The van der Waals surface area contributed by atoms with E-state index in [-0.39, 0.29) is 24.5 Å². The highest BCUT2D eigenvalue weighted by molar-refractivity contribution is 6.08. The third-order valence-corrected chi connectivity index (χ3v) is 5.46. The Bertz CT molecular complexity index is 1070. The molecule has 0 fully saturated rings. The van der Waals surface area contributed by atoms with Gasteiger partial charge in [-0.05, 0) is 29.7 Å². The van der Waals surface area contributed by atoms with Gasteiger partial charge in [0, 0.05) is 54.7 Å². The summed E-state index contributed by atoms with van der Waals surface area (Å²) in [6.07, 6.45) is 5.12. The summed E-state index contributed by atoms with van der Waals surface area (Å²) in [4.78, 5) is 30.2. The fraction of sp³-hybridized carbons (Fsp3) is 0.250. The molecule has 2 heterocycles. The lowest BCUT2D eigenvalue weighted by Gasteiger charge is -2.26. The number of ketones is 1. The number of fused-ring (bicyclic) bond motifs is 1. The van der Waals surface area contributed by atoms with Crippen LogP contribution in [0, 0.1) is 0 Å². The number of ether oxygens (including phenoxy) is 1. The minimum absolute atomic E-state index is 0.0210. The molecule has 1 aliphatic heterocycles. The smallest absolute Gasteiger partial charge is 0.223 e. The van der Waals surface area contributed by atoms with E-state index in [1.807, 2.05) is 41.3 Å². The van der Waals surface area contributed by atoms with Gasteiger partial charge in [0.2, 0.25) is 5.91 Å². The fourth-order valence-electron chi connectivity index (χ4n) is 3.79. The van der Waals surface area contributed by atoms with Gasteiger partial charge >= 0.3 is 0 Å². The standard InChI is InChI=1S/C24H24N2O3/c1-29-19-7-8-20-21(16-25-22(20)15-19)23(27)9-10-24(28)26-13-11-18(12-14-26)17-5-3-2-4-6-17/h2-8,11,15-16,25H,9-10,12-14H2,1H3. The summed E-state index contributed by atoms with van der Waals surface area (Å²) < 4.78 is 5.21. The first-order valence-corrected chi connectivity index (χ1v) is 9.86. The molecular weight excluding hydrogens is 364 g/mol. The maximum atomic E-state index is 12.7. The van der Waals surface area contributed by atoms with Gasteiger partial charge in [-0.25, -0.2) is 0 Å². The van der Waals surface area contributed by atoms with Crippen LogP contribution in [0.2, 0.25) is 0 Å². The van der Waals surface area contributed by atoms with Gasteiger partial charge in [-0.1, -0.05) is 36.4 Å². The van der Waals surface area contributed by atoms with Gasteiger partial charge in [0.25, 0.3) is 0 Å². The second-order valence-electron chi connectivity index (χ2n) is 7.22. The first-order valence-electron chi connectivity index (χ1n) is 9.86. The molecule has 1 aliphatic rings. The average molecular weight is 388 g/mol. The van der Waals surface area contributed by atoms with E-state index in [0.29, 0.717) is 18.7 Å². The van der Waals surface area contributed by atoms with Crippen LogP contribution in [0.1, 0.15) is 35.2 Å². The van der Waals surface area contributed by atoms with E-state index >= 15 is 0 Å². The molecule has 148 valence electrons. The van der Waals surface area contributed by atoms with Crippen LogP contribution >= 0.6 is 0 Å². The molecule has 5 heteroatoms. The quantitative estimate of drug-likeness (QED) is 0.635. The molecule has 0 bridgehead atoms. The van der Waals surface area contributed by atoms with Gasteiger partial charge < -0.3 is 14.6 Å². The summed E-state index contributed by atoms with van der Waals surface area (Å²) in [6.45, 7) is 1.30. The van der Waals surface area contributed by atoms with Crippen molar-refractivity contribution in [3.63, 3.8) is 0 Å². The number of H-pyrrole nitrogens is 1. The van der Waals surface area contributed by atoms with Crippen LogP contribution in [-0.4, -0.2) is 41.8 Å². The maximum Gasteiger partial charge on any atom is 0.223 e. The normalized spacial score (nSPS) is 14.0. The monoisotopic (exact) mass is 388 g/mol. The largest absolute Gasteiger partial charge is 0.497 e. The molecule has 0 spiro atoms. The van der Waals surface area contributed by atoms with Crippen LogP contribution < -0.4 is 4.74 Å². The predicted octanol–water partition coefficient (Wildman–Crippen LogP) is 4.46. The number of Topliss-reactive ketones (excluding diaryl/α,β-unsaturated/α-hetero) is 1. The number of nitrogens with zero attached hydrogens (tertiary/aromatic N) is 1. The Morgan fingerprint density at radius 1 is 1.10 bits per heavy atom. The fourth-order valence-corrected chi connectivity index (χ4v) is 3.79. The molecule has 1 aromatic heterocycles. The molecule has 1 amide bonds. The number of hydrogen-bond acceptors (Lipinski definition) is 3. The SMILES string of the molecule is COc1ccc2c(C(=O)CCC(=O)N3CC=C(c4ccccc4)CC3)c[nH]c2c1. The number of hydrogen-bond donors (Lipinski definition) is 1. The zero-order chi connectivity index (χ0) is 20.2. The third-order valence-electron chi connectivity index (χ3n) is 5.46. The minimum atomic E-state index is -0.0210. The van der Waals surface area contributed by atoms with Crippen LogP contribution in [0.4, 0.5) is 0 Å². The van der Waals surface area contributed by atoms with Crippen molar-refractivity contribution in [1.82, 2.24) is 9.88 Å². The van der Waals surface area contributed by atoms with Crippen LogP contribution in [0.3, 0.4) is 0 Å². The second kappa shape index (κ2) is 8.35. The second-order valence-corrected chi connectivity index (χ2v) is 7.22. The summed E-state index contributed by atoms with van der Waals surface area (Å²) in [5.74, 6) is 0.747. The lowest BCUT2D eigenvalue weighted by Crippen LogP contribution is -2.34. The van der Waals surface area contributed by atoms with Crippen molar-refractivity contribution < 1.29 is 14.3 Å². The van der Waals surface area contributed by atoms with E-state index in [2.05, 4.69) is 23.2 Å². The third kappa shape index (κ3) is 4.09. The summed E-state index contributed by atoms with van der Waals surface area (Å²) in [7, 11) is 1.61. The van der Waals surface area contributed by atoms with Crippen molar-refractivity contribution in [2.24, 2.45) is 0 Å². The lowest BCUT2D eigenvalue weighted by atomic mass is 9.99. The number of aromatic amines is 1. The summed E-state index contributed by atoms with van der Waals surface area (Å²) in [6, 6.07) is 15.8. The Hall–Kier alpha value is -3.34. The number of amides is 1. The number of aromatic nitrogens is 1. The molecule has 0 atom stereocenters. The first-order chi connectivity index (χ1) is 14.2. The van der Waals surface area contributed by atoms with Crippen molar-refractivity contribution in [2.75, 3.05) is 20.2 Å². The molecule has 1 N–H and O–H groups in total. The van der Waals surface area contributed by atoms with E-state index in [9.17, 15) is 9.59 Å². The molecular formula is C24H24N2O3. The van der Waals surface area contributed by atoms with Gasteiger partial charge in [-0.15, -0.1) is 0 Å². The van der Waals surface area contributed by atoms with Gasteiger partial charge in [0.1, 0.15) is 5.75 Å².